The predicted octanol–water partition coefficient (Wildman–Crippen LogP) is 3.40. The molecule has 0 saturated carbocycles. The van der Waals surface area contributed by atoms with Gasteiger partial charge in [-0.1, -0.05) is 38.1 Å². The van der Waals surface area contributed by atoms with Gasteiger partial charge < -0.3 is 15.5 Å². The maximum absolute atomic E-state index is 12.7. The lowest BCUT2D eigenvalue weighted by Crippen LogP contribution is -2.15. The Morgan fingerprint density at radius 2 is 1.77 bits per heavy atom. The summed E-state index contributed by atoms with van der Waals surface area (Å²) < 4.78 is 6.86. The molecule has 8 nitrogen and oxygen atoms in total. The number of fused-ring (bicyclic) bond motifs is 1. The van der Waals surface area contributed by atoms with Crippen LogP contribution in [0.25, 0.3) is 28.2 Å². The van der Waals surface area contributed by atoms with Crippen molar-refractivity contribution < 1.29 is 9.53 Å². The molecule has 31 heavy (non-hydrogen) atoms. The summed E-state index contributed by atoms with van der Waals surface area (Å²) in [4.78, 5) is 36.5. The van der Waals surface area contributed by atoms with Crippen molar-refractivity contribution in [2.24, 2.45) is 5.73 Å². The van der Waals surface area contributed by atoms with E-state index in [4.69, 9.17) is 10.5 Å². The van der Waals surface area contributed by atoms with E-state index in [1.54, 1.807) is 24.3 Å². The minimum absolute atomic E-state index is 0.0327. The van der Waals surface area contributed by atoms with Gasteiger partial charge in [0.15, 0.2) is 17.2 Å². The second-order valence-corrected chi connectivity index (χ2v) is 7.43. The van der Waals surface area contributed by atoms with Gasteiger partial charge in [-0.15, -0.1) is 0 Å². The first-order valence-corrected chi connectivity index (χ1v) is 10.0. The number of amides is 1. The van der Waals surface area contributed by atoms with E-state index in [0.29, 0.717) is 29.8 Å². The van der Waals surface area contributed by atoms with Gasteiger partial charge in [0.2, 0.25) is 0 Å². The van der Waals surface area contributed by atoms with Gasteiger partial charge in [0.25, 0.3) is 5.91 Å². The van der Waals surface area contributed by atoms with E-state index in [0.717, 1.165) is 5.56 Å². The van der Waals surface area contributed by atoms with Crippen molar-refractivity contribution in [1.82, 2.24) is 19.5 Å². The number of H-pyrrole nitrogens is 1. The Hall–Kier alpha value is -3.94. The number of hydrogen-bond acceptors (Lipinski definition) is 5. The Balaban J connectivity index is 1.91. The van der Waals surface area contributed by atoms with E-state index in [-0.39, 0.29) is 16.9 Å². The number of rotatable bonds is 6. The SMILES string of the molecule is CCOc1ccc(-n2c(=O)[nH]c3c(C(N)=O)nc(-c4ccc(C(C)C)cc4)nc32)cc1. The van der Waals surface area contributed by atoms with Gasteiger partial charge in [0.05, 0.1) is 12.3 Å². The Morgan fingerprint density at radius 1 is 1.10 bits per heavy atom. The normalized spacial score (nSPS) is 11.2. The second-order valence-electron chi connectivity index (χ2n) is 7.43. The first-order chi connectivity index (χ1) is 14.9. The quantitative estimate of drug-likeness (QED) is 0.499. The van der Waals surface area contributed by atoms with Gasteiger partial charge in [-0.05, 0) is 42.7 Å². The number of imidazole rings is 1. The van der Waals surface area contributed by atoms with Gasteiger partial charge in [-0.3, -0.25) is 4.79 Å². The summed E-state index contributed by atoms with van der Waals surface area (Å²) in [7, 11) is 0. The zero-order valence-corrected chi connectivity index (χ0v) is 17.5. The van der Waals surface area contributed by atoms with Gasteiger partial charge in [-0.25, -0.2) is 19.3 Å². The number of ether oxygens (including phenoxy) is 1. The van der Waals surface area contributed by atoms with E-state index in [1.165, 1.54) is 10.1 Å². The second kappa shape index (κ2) is 8.06. The fraction of sp³-hybridized carbons (Fsp3) is 0.217. The molecule has 158 valence electrons. The molecule has 1 amide bonds. The predicted molar refractivity (Wildman–Crippen MR) is 119 cm³/mol. The average molecular weight is 417 g/mol. The van der Waals surface area contributed by atoms with Crippen LogP contribution >= 0.6 is 0 Å². The van der Waals surface area contributed by atoms with E-state index in [9.17, 15) is 9.59 Å². The molecule has 0 unspecified atom stereocenters. The van der Waals surface area contributed by atoms with Crippen molar-refractivity contribution in [3.63, 3.8) is 0 Å². The van der Waals surface area contributed by atoms with E-state index in [1.807, 2.05) is 31.2 Å². The molecule has 0 aliphatic heterocycles. The Bertz CT molecular complexity index is 1300. The number of nitrogens with two attached hydrogens (primary N) is 1. The van der Waals surface area contributed by atoms with Crippen LogP contribution in [0.15, 0.2) is 53.3 Å². The highest BCUT2D eigenvalue weighted by molar-refractivity contribution is 6.02. The zero-order chi connectivity index (χ0) is 22.1. The topological polar surface area (TPSA) is 116 Å². The van der Waals surface area contributed by atoms with Crippen LogP contribution in [0.3, 0.4) is 0 Å². The van der Waals surface area contributed by atoms with Crippen LogP contribution in [0.4, 0.5) is 0 Å². The molecule has 0 saturated heterocycles. The molecule has 2 aromatic carbocycles. The van der Waals surface area contributed by atoms with Crippen molar-refractivity contribution in [2.45, 2.75) is 26.7 Å². The van der Waals surface area contributed by atoms with Gasteiger partial charge in [-0.2, -0.15) is 0 Å². The molecule has 0 aliphatic carbocycles. The lowest BCUT2D eigenvalue weighted by molar-refractivity contribution is 0.0997. The fourth-order valence-corrected chi connectivity index (χ4v) is 3.41. The molecular weight excluding hydrogens is 394 g/mol. The molecule has 2 heterocycles. The molecule has 0 spiro atoms. The summed E-state index contributed by atoms with van der Waals surface area (Å²) in [5.74, 6) is 0.647. The highest BCUT2D eigenvalue weighted by Gasteiger charge is 2.20. The van der Waals surface area contributed by atoms with Crippen molar-refractivity contribution in [1.29, 1.82) is 0 Å². The molecule has 0 atom stereocenters. The summed E-state index contributed by atoms with van der Waals surface area (Å²) in [6.07, 6.45) is 0. The summed E-state index contributed by atoms with van der Waals surface area (Å²) in [6.45, 7) is 6.66. The van der Waals surface area contributed by atoms with Crippen molar-refractivity contribution in [2.75, 3.05) is 6.61 Å². The number of aromatic amines is 1. The molecule has 8 heteroatoms. The number of primary amides is 1. The number of benzene rings is 2. The monoisotopic (exact) mass is 417 g/mol. The lowest BCUT2D eigenvalue weighted by atomic mass is 10.0. The molecule has 4 rings (SSSR count). The highest BCUT2D eigenvalue weighted by Crippen LogP contribution is 2.24. The number of carbonyl (C=O) groups is 1. The average Bonchev–Trinajstić information content (AvgIpc) is 3.09. The minimum atomic E-state index is -0.743. The van der Waals surface area contributed by atoms with Crippen molar-refractivity contribution in [3.8, 4) is 22.8 Å². The first kappa shape index (κ1) is 20.3. The molecule has 4 aromatic rings. The molecule has 0 radical (unpaired) electrons. The summed E-state index contributed by atoms with van der Waals surface area (Å²) >= 11 is 0. The number of hydrogen-bond donors (Lipinski definition) is 2. The third-order valence-electron chi connectivity index (χ3n) is 5.01. The fourth-order valence-electron chi connectivity index (χ4n) is 3.41. The molecule has 0 bridgehead atoms. The number of nitrogens with one attached hydrogen (secondary N) is 1. The first-order valence-electron chi connectivity index (χ1n) is 10.0. The molecule has 2 aromatic heterocycles. The van der Waals surface area contributed by atoms with Crippen LogP contribution in [0, 0.1) is 0 Å². The molecular formula is C23H23N5O3. The smallest absolute Gasteiger partial charge is 0.332 e. The maximum Gasteiger partial charge on any atom is 0.332 e. The Labute approximate surface area is 178 Å². The number of carbonyl (C=O) groups excluding carboxylic acids is 1. The van der Waals surface area contributed by atoms with Crippen LogP contribution in [0.1, 0.15) is 42.7 Å². The third-order valence-corrected chi connectivity index (χ3v) is 5.01. The molecule has 3 N–H and O–H groups in total. The van der Waals surface area contributed by atoms with Gasteiger partial charge in [0.1, 0.15) is 11.3 Å². The standard InChI is InChI=1S/C23H23N5O3/c1-4-31-17-11-9-16(10-12-17)28-22-19(26-23(28)30)18(20(24)29)25-21(27-22)15-7-5-14(6-8-15)13(2)3/h5-13H,4H2,1-3H3,(H2,24,29)(H,26,30). The molecule has 0 aliphatic rings. The Kier molecular flexibility index (Phi) is 5.29. The van der Waals surface area contributed by atoms with Gasteiger partial charge >= 0.3 is 5.69 Å². The molecule has 0 fully saturated rings. The summed E-state index contributed by atoms with van der Waals surface area (Å²) in [5, 5.41) is 0. The highest BCUT2D eigenvalue weighted by atomic mass is 16.5. The van der Waals surface area contributed by atoms with Crippen LogP contribution in [-0.2, 0) is 0 Å². The Morgan fingerprint density at radius 3 is 2.35 bits per heavy atom. The maximum atomic E-state index is 12.7. The minimum Gasteiger partial charge on any atom is -0.494 e. The number of nitrogens with zero attached hydrogens (tertiary/aromatic N) is 3. The summed E-state index contributed by atoms with van der Waals surface area (Å²) in [6, 6.07) is 14.8. The van der Waals surface area contributed by atoms with Crippen molar-refractivity contribution >= 4 is 17.1 Å². The van der Waals surface area contributed by atoms with E-state index >= 15 is 0 Å². The van der Waals surface area contributed by atoms with Crippen LogP contribution in [0.2, 0.25) is 0 Å². The summed E-state index contributed by atoms with van der Waals surface area (Å²) in [5.41, 5.74) is 8.05. The van der Waals surface area contributed by atoms with Crippen LogP contribution < -0.4 is 16.2 Å². The van der Waals surface area contributed by atoms with Crippen molar-refractivity contribution in [3.05, 3.63) is 70.3 Å². The van der Waals surface area contributed by atoms with Crippen LogP contribution in [-0.4, -0.2) is 32.0 Å². The largest absolute Gasteiger partial charge is 0.494 e. The van der Waals surface area contributed by atoms with Gasteiger partial charge in [0, 0.05) is 5.56 Å². The third kappa shape index (κ3) is 3.79. The lowest BCUT2D eigenvalue weighted by Gasteiger charge is -2.09. The zero-order valence-electron chi connectivity index (χ0n) is 17.5. The number of aromatic nitrogens is 4. The van der Waals surface area contributed by atoms with E-state index < -0.39 is 11.6 Å². The van der Waals surface area contributed by atoms with Crippen LogP contribution in [0.5, 0.6) is 5.75 Å². The van der Waals surface area contributed by atoms with E-state index in [2.05, 4.69) is 28.8 Å².